The lowest BCUT2D eigenvalue weighted by molar-refractivity contribution is -0.157. The van der Waals surface area contributed by atoms with Gasteiger partial charge in [-0.2, -0.15) is 13.2 Å². The number of alkyl halides is 3. The van der Waals surface area contributed by atoms with Crippen molar-refractivity contribution in [2.24, 2.45) is 5.92 Å². The molecule has 3 aromatic heterocycles. The molecule has 13 heteroatoms. The van der Waals surface area contributed by atoms with E-state index in [0.717, 1.165) is 55.0 Å². The van der Waals surface area contributed by atoms with Crippen LogP contribution in [0, 0.1) is 5.92 Å². The van der Waals surface area contributed by atoms with Gasteiger partial charge in [-0.15, -0.1) is 10.2 Å². The lowest BCUT2D eigenvalue weighted by Crippen LogP contribution is -2.36. The number of nitrogens with one attached hydrogen (secondary N) is 2. The number of carbonyl (C=O) groups excluding carboxylic acids is 1. The lowest BCUT2D eigenvalue weighted by atomic mass is 9.86. The highest BCUT2D eigenvalue weighted by molar-refractivity contribution is 6.06. The molecule has 0 radical (unpaired) electrons. The summed E-state index contributed by atoms with van der Waals surface area (Å²) in [5, 5.41) is 13.1. The molecule has 0 bridgehead atoms. The van der Waals surface area contributed by atoms with Gasteiger partial charge in [-0.05, 0) is 57.6 Å². The summed E-state index contributed by atoms with van der Waals surface area (Å²) < 4.78 is 44.0. The molecule has 0 unspecified atom stereocenters. The summed E-state index contributed by atoms with van der Waals surface area (Å²) in [5.74, 6) is 0.134. The van der Waals surface area contributed by atoms with Crippen LogP contribution in [0.15, 0.2) is 22.9 Å². The number of carbonyl (C=O) groups is 1. The van der Waals surface area contributed by atoms with Crippen LogP contribution in [0.3, 0.4) is 0 Å². The van der Waals surface area contributed by atoms with Crippen LogP contribution in [0.1, 0.15) is 76.4 Å². The second-order valence-electron chi connectivity index (χ2n) is 11.3. The van der Waals surface area contributed by atoms with Crippen molar-refractivity contribution in [2.75, 3.05) is 35.2 Å². The Bertz CT molecular complexity index is 1380. The van der Waals surface area contributed by atoms with Crippen molar-refractivity contribution >= 4 is 23.2 Å². The van der Waals surface area contributed by atoms with Crippen LogP contribution in [0.25, 0.3) is 11.6 Å². The van der Waals surface area contributed by atoms with Gasteiger partial charge in [-0.3, -0.25) is 4.79 Å². The Morgan fingerprint density at radius 2 is 1.93 bits per heavy atom. The first kappa shape index (κ1) is 27.8. The molecule has 2 N–H and O–H groups in total. The minimum absolute atomic E-state index is 0.0384. The maximum atomic E-state index is 13.0. The van der Waals surface area contributed by atoms with Crippen molar-refractivity contribution in [2.45, 2.75) is 70.9 Å². The Kier molecular flexibility index (Phi) is 7.40. The summed E-state index contributed by atoms with van der Waals surface area (Å²) in [6.45, 7) is 10.2. The van der Waals surface area contributed by atoms with Gasteiger partial charge in [0.2, 0.25) is 5.91 Å². The molecule has 0 aliphatic carbocycles. The van der Waals surface area contributed by atoms with Crippen molar-refractivity contribution in [3.63, 3.8) is 0 Å². The molecule has 1 amide bonds. The highest BCUT2D eigenvalue weighted by Gasteiger charge is 2.43. The van der Waals surface area contributed by atoms with E-state index in [-0.39, 0.29) is 23.4 Å². The Labute approximate surface area is 230 Å². The minimum Gasteiger partial charge on any atom is -0.411 e. The van der Waals surface area contributed by atoms with Gasteiger partial charge in [-0.1, -0.05) is 13.8 Å². The number of rotatable bonds is 8. The Morgan fingerprint density at radius 1 is 1.18 bits per heavy atom. The number of fused-ring (bicyclic) bond motifs is 1. The Balaban J connectivity index is 1.38. The van der Waals surface area contributed by atoms with E-state index in [1.165, 1.54) is 6.33 Å². The molecule has 0 atom stereocenters. The quantitative estimate of drug-likeness (QED) is 0.350. The maximum Gasteiger partial charge on any atom is 0.470 e. The van der Waals surface area contributed by atoms with Gasteiger partial charge in [0.15, 0.2) is 0 Å². The van der Waals surface area contributed by atoms with Crippen LogP contribution in [0.5, 0.6) is 0 Å². The number of piperidine rings is 1. The zero-order chi connectivity index (χ0) is 28.7. The van der Waals surface area contributed by atoms with Crippen molar-refractivity contribution in [3.8, 4) is 11.6 Å². The fraction of sp³-hybridized carbons (Fsp3) is 0.556. The molecular formula is C27H33F3N8O2. The van der Waals surface area contributed by atoms with Gasteiger partial charge >= 0.3 is 12.1 Å². The van der Waals surface area contributed by atoms with Gasteiger partial charge in [-0.25, -0.2) is 15.0 Å². The fourth-order valence-corrected chi connectivity index (χ4v) is 5.26. The summed E-state index contributed by atoms with van der Waals surface area (Å²) in [5.41, 5.74) is 1.86. The van der Waals surface area contributed by atoms with Crippen LogP contribution < -0.4 is 15.5 Å². The zero-order valence-electron chi connectivity index (χ0n) is 23.0. The zero-order valence-corrected chi connectivity index (χ0v) is 23.0. The number of anilines is 3. The highest BCUT2D eigenvalue weighted by atomic mass is 19.4. The average Bonchev–Trinajstić information content (AvgIpc) is 3.50. The molecule has 40 heavy (non-hydrogen) atoms. The minimum atomic E-state index is -4.73. The molecular weight excluding hydrogens is 525 g/mol. The van der Waals surface area contributed by atoms with E-state index < -0.39 is 17.5 Å². The summed E-state index contributed by atoms with van der Waals surface area (Å²) in [4.78, 5) is 28.2. The van der Waals surface area contributed by atoms with E-state index in [1.807, 2.05) is 19.9 Å². The molecule has 2 aliphatic heterocycles. The topological polar surface area (TPSA) is 122 Å². The van der Waals surface area contributed by atoms with Gasteiger partial charge in [0.05, 0.1) is 22.4 Å². The van der Waals surface area contributed by atoms with Crippen molar-refractivity contribution in [1.82, 2.24) is 25.1 Å². The second kappa shape index (κ2) is 10.7. The number of nitrogens with zero attached hydrogens (tertiary/aromatic N) is 6. The highest BCUT2D eigenvalue weighted by Crippen LogP contribution is 2.43. The average molecular weight is 559 g/mol. The third kappa shape index (κ3) is 5.46. The summed E-state index contributed by atoms with van der Waals surface area (Å²) >= 11 is 0. The van der Waals surface area contributed by atoms with E-state index in [1.54, 1.807) is 6.07 Å². The van der Waals surface area contributed by atoms with E-state index in [4.69, 9.17) is 9.40 Å². The smallest absolute Gasteiger partial charge is 0.411 e. The number of hydrogen-bond acceptors (Lipinski definition) is 9. The van der Waals surface area contributed by atoms with Crippen molar-refractivity contribution in [1.29, 1.82) is 0 Å². The number of aromatic nitrogens is 5. The molecule has 5 rings (SSSR count). The second-order valence-corrected chi connectivity index (χ2v) is 11.3. The number of hydrogen-bond donors (Lipinski definition) is 2. The first-order valence-corrected chi connectivity index (χ1v) is 13.5. The number of amides is 1. The first-order chi connectivity index (χ1) is 18.9. The molecule has 5 heterocycles. The van der Waals surface area contributed by atoms with Gasteiger partial charge in [0.1, 0.15) is 23.7 Å². The van der Waals surface area contributed by atoms with Crippen molar-refractivity contribution in [3.05, 3.63) is 35.6 Å². The third-order valence-electron chi connectivity index (χ3n) is 7.52. The van der Waals surface area contributed by atoms with Gasteiger partial charge in [0, 0.05) is 25.6 Å². The van der Waals surface area contributed by atoms with E-state index >= 15 is 0 Å². The van der Waals surface area contributed by atoms with Gasteiger partial charge < -0.3 is 20.0 Å². The molecule has 0 aromatic carbocycles. The Morgan fingerprint density at radius 3 is 2.60 bits per heavy atom. The number of halogens is 3. The van der Waals surface area contributed by atoms with Crippen LogP contribution in [0.4, 0.5) is 30.5 Å². The van der Waals surface area contributed by atoms with Crippen molar-refractivity contribution < 1.29 is 22.4 Å². The predicted molar refractivity (Wildman–Crippen MR) is 143 cm³/mol. The molecule has 214 valence electrons. The van der Waals surface area contributed by atoms with E-state index in [2.05, 4.69) is 49.5 Å². The molecule has 2 aliphatic rings. The molecule has 10 nitrogen and oxygen atoms in total. The third-order valence-corrected chi connectivity index (χ3v) is 7.52. The van der Waals surface area contributed by atoms with Gasteiger partial charge in [0.25, 0.3) is 5.89 Å². The maximum absolute atomic E-state index is 13.0. The predicted octanol–water partition coefficient (Wildman–Crippen LogP) is 5.40. The SMILES string of the molecule is CC(C)CCCNc1ccc(-c2nnc(C(F)(F)F)o2)nc1C1CCN(c2ncnc3c2C(C)(C)C(=O)N3)CC1. The molecule has 0 saturated carbocycles. The Hall–Kier alpha value is -3.77. The fourth-order valence-electron chi connectivity index (χ4n) is 5.26. The largest absolute Gasteiger partial charge is 0.470 e. The summed E-state index contributed by atoms with van der Waals surface area (Å²) in [6, 6.07) is 3.43. The van der Waals surface area contributed by atoms with Crippen LogP contribution in [-0.2, 0) is 16.4 Å². The number of pyridine rings is 1. The van der Waals surface area contributed by atoms with Crippen LogP contribution in [0.2, 0.25) is 0 Å². The van der Waals surface area contributed by atoms with E-state index in [9.17, 15) is 18.0 Å². The van der Waals surface area contributed by atoms with Crippen LogP contribution in [-0.4, -0.2) is 50.7 Å². The molecule has 1 fully saturated rings. The monoisotopic (exact) mass is 558 g/mol. The normalized spacial score (nSPS) is 17.3. The summed E-state index contributed by atoms with van der Waals surface area (Å²) in [7, 11) is 0. The van der Waals surface area contributed by atoms with Crippen LogP contribution >= 0.6 is 0 Å². The van der Waals surface area contributed by atoms with E-state index in [0.29, 0.717) is 24.8 Å². The molecule has 1 saturated heterocycles. The lowest BCUT2D eigenvalue weighted by Gasteiger charge is -2.35. The molecule has 0 spiro atoms. The molecule has 3 aromatic rings. The standard InChI is InChI=1S/C27H33F3N8O2/c1-15(2)6-5-11-31-17-7-8-18(23-36-37-25(40-23)27(28,29)30)34-20(17)16-9-12-38(13-10-16)22-19-21(32-14-33-22)35-24(39)26(19,3)4/h7-8,14-16,31H,5-6,9-13H2,1-4H3,(H,32,33,35,39). The first-order valence-electron chi connectivity index (χ1n) is 13.5. The summed E-state index contributed by atoms with van der Waals surface area (Å²) in [6.07, 6.45) is 0.258.